The first-order valence-electron chi connectivity index (χ1n) is 8.13. The Morgan fingerprint density at radius 1 is 1.21 bits per heavy atom. The molecule has 0 spiro atoms. The maximum absolute atomic E-state index is 12.7. The molecule has 150 valence electrons. The molecule has 10 heteroatoms. The average Bonchev–Trinajstić information content (AvgIpc) is 2.62. The smallest absolute Gasteiger partial charge is 0.433 e. The number of nitrogens with one attached hydrogen (secondary N) is 1. The Bertz CT molecular complexity index is 841. The number of aliphatic carboxylic acids is 1. The first-order chi connectivity index (χ1) is 13.1. The Kier molecular flexibility index (Phi) is 6.45. The van der Waals surface area contributed by atoms with Crippen LogP contribution in [-0.4, -0.2) is 40.6 Å². The summed E-state index contributed by atoms with van der Waals surface area (Å²) < 4.78 is 43.3. The predicted molar refractivity (Wildman–Crippen MR) is 94.2 cm³/mol. The van der Waals surface area contributed by atoms with E-state index < -0.39 is 29.8 Å². The minimum absolute atomic E-state index is 0.0313. The van der Waals surface area contributed by atoms with Crippen LogP contribution in [0.2, 0.25) is 0 Å². The molecule has 1 unspecified atom stereocenters. The van der Waals surface area contributed by atoms with Gasteiger partial charge in [0.15, 0.2) is 0 Å². The molecule has 1 aromatic heterocycles. The maximum atomic E-state index is 12.7. The van der Waals surface area contributed by atoms with Crippen LogP contribution in [0.3, 0.4) is 0 Å². The number of amides is 2. The normalized spacial score (nSPS) is 12.2. The van der Waals surface area contributed by atoms with E-state index in [4.69, 9.17) is 9.84 Å². The van der Waals surface area contributed by atoms with Gasteiger partial charge in [-0.15, -0.1) is 0 Å². The first-order valence-corrected chi connectivity index (χ1v) is 8.13. The standard InChI is InChI=1S/C18H18F3N3O4/c1-11(16(25)26)10-24(2)17(27)22-12-6-8-13(9-7-12)28-15-5-3-4-14(23-15)18(19,20)21/h3-9,11H,10H2,1-2H3,(H,22,27)(H,25,26). The van der Waals surface area contributed by atoms with Crippen molar-refractivity contribution in [3.05, 3.63) is 48.2 Å². The van der Waals surface area contributed by atoms with Crippen LogP contribution in [0.4, 0.5) is 23.7 Å². The van der Waals surface area contributed by atoms with Gasteiger partial charge in [0.25, 0.3) is 0 Å². The largest absolute Gasteiger partial charge is 0.481 e. The Balaban J connectivity index is 1.98. The summed E-state index contributed by atoms with van der Waals surface area (Å²) in [6, 6.07) is 8.73. The fourth-order valence-electron chi connectivity index (χ4n) is 2.15. The number of benzene rings is 1. The SMILES string of the molecule is CC(CN(C)C(=O)Nc1ccc(Oc2cccc(C(F)(F)F)n2)cc1)C(=O)O. The molecule has 2 N–H and O–H groups in total. The number of anilines is 1. The van der Waals surface area contributed by atoms with Crippen LogP contribution in [0, 0.1) is 5.92 Å². The number of urea groups is 1. The lowest BCUT2D eigenvalue weighted by Crippen LogP contribution is -2.36. The molecule has 1 aromatic carbocycles. The molecule has 0 saturated heterocycles. The lowest BCUT2D eigenvalue weighted by molar-refractivity contribution is -0.142. The molecule has 0 radical (unpaired) electrons. The molecule has 2 amide bonds. The van der Waals surface area contributed by atoms with Crippen molar-refractivity contribution in [2.45, 2.75) is 13.1 Å². The highest BCUT2D eigenvalue weighted by atomic mass is 19.4. The number of alkyl halides is 3. The fourth-order valence-corrected chi connectivity index (χ4v) is 2.15. The van der Waals surface area contributed by atoms with E-state index in [1.54, 1.807) is 0 Å². The van der Waals surface area contributed by atoms with Crippen LogP contribution < -0.4 is 10.1 Å². The van der Waals surface area contributed by atoms with Gasteiger partial charge in [-0.25, -0.2) is 9.78 Å². The van der Waals surface area contributed by atoms with E-state index in [1.165, 1.54) is 55.3 Å². The summed E-state index contributed by atoms with van der Waals surface area (Å²) in [5, 5.41) is 11.5. The number of carboxylic acids is 1. The topological polar surface area (TPSA) is 91.8 Å². The second-order valence-electron chi connectivity index (χ2n) is 6.04. The third kappa shape index (κ3) is 5.86. The molecule has 2 aromatic rings. The van der Waals surface area contributed by atoms with Crippen LogP contribution >= 0.6 is 0 Å². The van der Waals surface area contributed by atoms with E-state index in [0.717, 1.165) is 6.07 Å². The van der Waals surface area contributed by atoms with Crippen LogP contribution in [0.15, 0.2) is 42.5 Å². The average molecular weight is 397 g/mol. The summed E-state index contributed by atoms with van der Waals surface area (Å²) in [5.74, 6) is -1.71. The Morgan fingerprint density at radius 3 is 2.43 bits per heavy atom. The number of carboxylic acid groups (broad SMARTS) is 1. The summed E-state index contributed by atoms with van der Waals surface area (Å²) in [6.45, 7) is 1.52. The van der Waals surface area contributed by atoms with Gasteiger partial charge in [-0.05, 0) is 30.3 Å². The van der Waals surface area contributed by atoms with E-state index in [0.29, 0.717) is 5.69 Å². The summed E-state index contributed by atoms with van der Waals surface area (Å²) in [4.78, 5) is 27.5. The van der Waals surface area contributed by atoms with E-state index >= 15 is 0 Å². The van der Waals surface area contributed by atoms with Crippen molar-refractivity contribution in [3.63, 3.8) is 0 Å². The van der Waals surface area contributed by atoms with E-state index in [9.17, 15) is 22.8 Å². The lowest BCUT2D eigenvalue weighted by atomic mass is 10.2. The van der Waals surface area contributed by atoms with E-state index in [1.807, 2.05) is 0 Å². The highest BCUT2D eigenvalue weighted by Gasteiger charge is 2.32. The number of ether oxygens (including phenoxy) is 1. The fraction of sp³-hybridized carbons (Fsp3) is 0.278. The second-order valence-corrected chi connectivity index (χ2v) is 6.04. The highest BCUT2D eigenvalue weighted by molar-refractivity contribution is 5.89. The van der Waals surface area contributed by atoms with Crippen LogP contribution in [0.1, 0.15) is 12.6 Å². The molecule has 0 fully saturated rings. The van der Waals surface area contributed by atoms with Crippen molar-refractivity contribution >= 4 is 17.7 Å². The number of pyridine rings is 1. The number of rotatable bonds is 6. The molecule has 0 aliphatic rings. The minimum atomic E-state index is -4.57. The zero-order chi connectivity index (χ0) is 20.9. The number of hydrogen-bond acceptors (Lipinski definition) is 4. The molecule has 0 saturated carbocycles. The number of hydrogen-bond donors (Lipinski definition) is 2. The molecule has 0 bridgehead atoms. The lowest BCUT2D eigenvalue weighted by Gasteiger charge is -2.20. The van der Waals surface area contributed by atoms with Crippen LogP contribution in [-0.2, 0) is 11.0 Å². The zero-order valence-electron chi connectivity index (χ0n) is 15.0. The molecule has 1 heterocycles. The third-order valence-electron chi connectivity index (χ3n) is 3.66. The molecule has 0 aliphatic heterocycles. The monoisotopic (exact) mass is 397 g/mol. The molecule has 28 heavy (non-hydrogen) atoms. The summed E-state index contributed by atoms with van der Waals surface area (Å²) >= 11 is 0. The highest BCUT2D eigenvalue weighted by Crippen LogP contribution is 2.30. The Morgan fingerprint density at radius 2 is 1.86 bits per heavy atom. The van der Waals surface area contributed by atoms with Crippen LogP contribution in [0.25, 0.3) is 0 Å². The van der Waals surface area contributed by atoms with Gasteiger partial charge in [-0.2, -0.15) is 13.2 Å². The van der Waals surface area contributed by atoms with Gasteiger partial charge in [-0.3, -0.25) is 4.79 Å². The van der Waals surface area contributed by atoms with Gasteiger partial charge in [0.2, 0.25) is 5.88 Å². The molecule has 7 nitrogen and oxygen atoms in total. The van der Waals surface area contributed by atoms with Crippen molar-refractivity contribution in [1.82, 2.24) is 9.88 Å². The maximum Gasteiger partial charge on any atom is 0.433 e. The number of nitrogens with zero attached hydrogens (tertiary/aromatic N) is 2. The van der Waals surface area contributed by atoms with Gasteiger partial charge in [-0.1, -0.05) is 13.0 Å². The minimum Gasteiger partial charge on any atom is -0.481 e. The zero-order valence-corrected chi connectivity index (χ0v) is 15.0. The molecule has 0 aliphatic carbocycles. The van der Waals surface area contributed by atoms with Crippen molar-refractivity contribution in [3.8, 4) is 11.6 Å². The van der Waals surface area contributed by atoms with Gasteiger partial charge >= 0.3 is 18.2 Å². The van der Waals surface area contributed by atoms with Crippen molar-refractivity contribution < 1.29 is 32.6 Å². The third-order valence-corrected chi connectivity index (χ3v) is 3.66. The predicted octanol–water partition coefficient (Wildman–Crippen LogP) is 4.08. The number of carbonyl (C=O) groups is 2. The number of carbonyl (C=O) groups excluding carboxylic acids is 1. The molecular weight excluding hydrogens is 379 g/mol. The first kappa shape index (κ1) is 21.0. The Hall–Kier alpha value is -3.30. The van der Waals surface area contributed by atoms with E-state index in [-0.39, 0.29) is 18.2 Å². The van der Waals surface area contributed by atoms with Gasteiger partial charge in [0, 0.05) is 25.3 Å². The van der Waals surface area contributed by atoms with Gasteiger partial charge < -0.3 is 20.1 Å². The second kappa shape index (κ2) is 8.59. The van der Waals surface area contributed by atoms with Crippen molar-refractivity contribution in [2.75, 3.05) is 18.9 Å². The Labute approximate surface area is 158 Å². The summed E-state index contributed by atoms with van der Waals surface area (Å²) in [7, 11) is 1.46. The van der Waals surface area contributed by atoms with Crippen LogP contribution in [0.5, 0.6) is 11.6 Å². The number of aromatic nitrogens is 1. The summed E-state index contributed by atoms with van der Waals surface area (Å²) in [6.07, 6.45) is -4.57. The van der Waals surface area contributed by atoms with Crippen molar-refractivity contribution in [2.24, 2.45) is 5.92 Å². The van der Waals surface area contributed by atoms with Crippen molar-refractivity contribution in [1.29, 1.82) is 0 Å². The molecular formula is C18H18F3N3O4. The van der Waals surface area contributed by atoms with E-state index in [2.05, 4.69) is 10.3 Å². The van der Waals surface area contributed by atoms with Gasteiger partial charge in [0.05, 0.1) is 5.92 Å². The van der Waals surface area contributed by atoms with Gasteiger partial charge in [0.1, 0.15) is 11.4 Å². The number of halogens is 3. The molecule has 1 atom stereocenters. The quantitative estimate of drug-likeness (QED) is 0.767. The summed E-state index contributed by atoms with van der Waals surface area (Å²) in [5.41, 5.74) is -0.656. The molecule has 2 rings (SSSR count).